The van der Waals surface area contributed by atoms with Crippen LogP contribution in [-0.4, -0.2) is 0 Å². The van der Waals surface area contributed by atoms with Crippen LogP contribution in [0.2, 0.25) is 0 Å². The molecule has 4 rings (SSSR count). The van der Waals surface area contributed by atoms with Crippen molar-refractivity contribution < 1.29 is 0 Å². The van der Waals surface area contributed by atoms with Crippen LogP contribution in [0, 0.1) is 0 Å². The zero-order valence-electron chi connectivity index (χ0n) is 10.0. The van der Waals surface area contributed by atoms with E-state index >= 15 is 0 Å². The number of hydrogen-bond donors (Lipinski definition) is 0. The highest BCUT2D eigenvalue weighted by Gasteiger charge is 2.19. The van der Waals surface area contributed by atoms with E-state index in [1.807, 2.05) is 0 Å². The molecule has 0 atom stereocenters. The van der Waals surface area contributed by atoms with Crippen LogP contribution in [0.25, 0.3) is 10.8 Å². The number of anilines is 1. The number of nitrogens with zero attached hydrogens (tertiary/aromatic N) is 1. The lowest BCUT2D eigenvalue weighted by Gasteiger charge is -2.30. The summed E-state index contributed by atoms with van der Waals surface area (Å²) in [4.78, 5) is 2.27. The average Bonchev–Trinajstić information content (AvgIpc) is 2.46. The lowest BCUT2D eigenvalue weighted by atomic mass is 9.95. The Balaban J connectivity index is 2.00. The van der Waals surface area contributed by atoms with Crippen molar-refractivity contribution >= 4 is 16.5 Å². The zero-order chi connectivity index (χ0) is 11.9. The Morgan fingerprint density at radius 1 is 0.944 bits per heavy atom. The topological polar surface area (TPSA) is 3.24 Å². The maximum Gasteiger partial charge on any atom is 0.0496 e. The summed E-state index contributed by atoms with van der Waals surface area (Å²) in [5.74, 6) is 0. The van der Waals surface area contributed by atoms with Gasteiger partial charge in [0, 0.05) is 17.6 Å². The lowest BCUT2D eigenvalue weighted by Crippen LogP contribution is -2.20. The van der Waals surface area contributed by atoms with Crippen LogP contribution >= 0.6 is 0 Å². The summed E-state index contributed by atoms with van der Waals surface area (Å²) >= 11 is 0. The van der Waals surface area contributed by atoms with Gasteiger partial charge in [0.2, 0.25) is 0 Å². The maximum absolute atomic E-state index is 2.30. The number of rotatable bonds is 0. The van der Waals surface area contributed by atoms with Crippen LogP contribution in [-0.2, 0) is 6.42 Å². The van der Waals surface area contributed by atoms with Crippen LogP contribution < -0.4 is 4.90 Å². The molecule has 0 saturated heterocycles. The first kappa shape index (κ1) is 9.72. The average molecular weight is 231 g/mol. The van der Waals surface area contributed by atoms with Gasteiger partial charge < -0.3 is 4.90 Å². The van der Waals surface area contributed by atoms with Gasteiger partial charge in [-0.15, -0.1) is 0 Å². The van der Waals surface area contributed by atoms with Gasteiger partial charge in [-0.05, 0) is 41.0 Å². The van der Waals surface area contributed by atoms with E-state index in [1.54, 1.807) is 0 Å². The zero-order valence-corrected chi connectivity index (χ0v) is 10.0. The minimum atomic E-state index is 1.01. The Morgan fingerprint density at radius 3 is 2.89 bits per heavy atom. The van der Waals surface area contributed by atoms with Crippen molar-refractivity contribution in [3.63, 3.8) is 0 Å². The summed E-state index contributed by atoms with van der Waals surface area (Å²) < 4.78 is 0. The molecule has 0 radical (unpaired) electrons. The quantitative estimate of drug-likeness (QED) is 0.657. The van der Waals surface area contributed by atoms with E-state index in [2.05, 4.69) is 71.8 Å². The molecule has 2 heterocycles. The van der Waals surface area contributed by atoms with Crippen molar-refractivity contribution in [2.24, 2.45) is 0 Å². The molecule has 0 unspecified atom stereocenters. The molecule has 0 aliphatic carbocycles. The van der Waals surface area contributed by atoms with Crippen LogP contribution in [0.5, 0.6) is 0 Å². The third-order valence-corrected chi connectivity index (χ3v) is 3.68. The Bertz CT molecular complexity index is 719. The van der Waals surface area contributed by atoms with E-state index < -0.39 is 0 Å². The SMILES string of the molecule is C1=CC2=CCc3c(ccc4ccccc34)N2C=C1. The highest BCUT2D eigenvalue weighted by Crippen LogP contribution is 2.36. The van der Waals surface area contributed by atoms with Crippen LogP contribution in [0.15, 0.2) is 72.6 Å². The maximum atomic E-state index is 2.30. The van der Waals surface area contributed by atoms with Crippen molar-refractivity contribution in [2.45, 2.75) is 6.42 Å². The van der Waals surface area contributed by atoms with E-state index in [0.29, 0.717) is 0 Å². The first-order chi connectivity index (χ1) is 8.93. The lowest BCUT2D eigenvalue weighted by molar-refractivity contribution is 1.08. The van der Waals surface area contributed by atoms with E-state index in [9.17, 15) is 0 Å². The van der Waals surface area contributed by atoms with Gasteiger partial charge in [-0.25, -0.2) is 0 Å². The molecule has 0 amide bonds. The number of benzene rings is 2. The van der Waals surface area contributed by atoms with Gasteiger partial charge in [0.05, 0.1) is 0 Å². The molecule has 0 aromatic heterocycles. The summed E-state index contributed by atoms with van der Waals surface area (Å²) in [5, 5.41) is 2.69. The molecule has 0 spiro atoms. The molecule has 0 saturated carbocycles. The third kappa shape index (κ3) is 1.28. The molecule has 18 heavy (non-hydrogen) atoms. The van der Waals surface area contributed by atoms with Crippen molar-refractivity contribution in [2.75, 3.05) is 4.90 Å². The van der Waals surface area contributed by atoms with Gasteiger partial charge in [-0.1, -0.05) is 42.5 Å². The molecular weight excluding hydrogens is 218 g/mol. The summed E-state index contributed by atoms with van der Waals surface area (Å²) in [5.41, 5.74) is 4.02. The fraction of sp³-hybridized carbons (Fsp3) is 0.0588. The van der Waals surface area contributed by atoms with Gasteiger partial charge in [0.1, 0.15) is 0 Å². The first-order valence-corrected chi connectivity index (χ1v) is 6.28. The Morgan fingerprint density at radius 2 is 1.89 bits per heavy atom. The van der Waals surface area contributed by atoms with E-state index in [0.717, 1.165) is 6.42 Å². The van der Waals surface area contributed by atoms with Crippen molar-refractivity contribution in [1.82, 2.24) is 0 Å². The van der Waals surface area contributed by atoms with Crippen LogP contribution in [0.4, 0.5) is 5.69 Å². The first-order valence-electron chi connectivity index (χ1n) is 6.28. The minimum Gasteiger partial charge on any atom is -0.317 e. The van der Waals surface area contributed by atoms with Crippen molar-refractivity contribution in [1.29, 1.82) is 0 Å². The second kappa shape index (κ2) is 3.61. The number of fused-ring (bicyclic) bond motifs is 5. The van der Waals surface area contributed by atoms with Crippen LogP contribution in [0.3, 0.4) is 0 Å². The van der Waals surface area contributed by atoms with Gasteiger partial charge in [-0.3, -0.25) is 0 Å². The van der Waals surface area contributed by atoms with Gasteiger partial charge >= 0.3 is 0 Å². The second-order valence-corrected chi connectivity index (χ2v) is 4.69. The fourth-order valence-corrected chi connectivity index (χ4v) is 2.81. The molecule has 0 N–H and O–H groups in total. The fourth-order valence-electron chi connectivity index (χ4n) is 2.81. The largest absolute Gasteiger partial charge is 0.317 e. The Hall–Kier alpha value is -2.28. The molecule has 2 aromatic rings. The van der Waals surface area contributed by atoms with E-state index in [4.69, 9.17) is 0 Å². The summed E-state index contributed by atoms with van der Waals surface area (Å²) in [7, 11) is 0. The van der Waals surface area contributed by atoms with E-state index in [-0.39, 0.29) is 0 Å². The standard InChI is InChI=1S/C17H13N/c1-2-7-15-13(5-1)8-11-17-16(15)10-9-14-6-3-4-12-18(14)17/h1-9,11-12H,10H2. The van der Waals surface area contributed by atoms with Gasteiger partial charge in [0.15, 0.2) is 0 Å². The van der Waals surface area contributed by atoms with Gasteiger partial charge in [0.25, 0.3) is 0 Å². The van der Waals surface area contributed by atoms with E-state index in [1.165, 1.54) is 27.7 Å². The molecule has 86 valence electrons. The molecule has 2 aromatic carbocycles. The summed E-state index contributed by atoms with van der Waals surface area (Å²) in [6.45, 7) is 0. The Kier molecular flexibility index (Phi) is 1.95. The molecule has 1 nitrogen and oxygen atoms in total. The van der Waals surface area contributed by atoms with Crippen LogP contribution in [0.1, 0.15) is 5.56 Å². The Labute approximate surface area is 106 Å². The molecule has 2 aliphatic heterocycles. The predicted molar refractivity (Wildman–Crippen MR) is 76.5 cm³/mol. The molecule has 0 fully saturated rings. The highest BCUT2D eigenvalue weighted by molar-refractivity contribution is 5.92. The summed E-state index contributed by atoms with van der Waals surface area (Å²) in [6, 6.07) is 13.1. The minimum absolute atomic E-state index is 1.01. The van der Waals surface area contributed by atoms with Crippen molar-refractivity contribution in [3.05, 3.63) is 78.2 Å². The molecular formula is C17H13N. The van der Waals surface area contributed by atoms with Crippen molar-refractivity contribution in [3.8, 4) is 0 Å². The highest BCUT2D eigenvalue weighted by atomic mass is 15.1. The third-order valence-electron chi connectivity index (χ3n) is 3.68. The van der Waals surface area contributed by atoms with Gasteiger partial charge in [-0.2, -0.15) is 0 Å². The normalized spacial score (nSPS) is 16.4. The molecule has 0 bridgehead atoms. The molecule has 1 heteroatoms. The predicted octanol–water partition coefficient (Wildman–Crippen LogP) is 4.17. The smallest absolute Gasteiger partial charge is 0.0496 e. The number of hydrogen-bond acceptors (Lipinski definition) is 1. The molecule has 2 aliphatic rings. The second-order valence-electron chi connectivity index (χ2n) is 4.69. The monoisotopic (exact) mass is 231 g/mol. The number of allylic oxidation sites excluding steroid dienone is 4. The summed E-state index contributed by atoms with van der Waals surface area (Å²) in [6.07, 6.45) is 11.8.